The van der Waals surface area contributed by atoms with E-state index < -0.39 is 17.5 Å². The third kappa shape index (κ3) is 3.12. The van der Waals surface area contributed by atoms with Crippen molar-refractivity contribution in [3.05, 3.63) is 47.3 Å². The van der Waals surface area contributed by atoms with Crippen LogP contribution < -0.4 is 35.3 Å². The molecule has 0 bridgehead atoms. The van der Waals surface area contributed by atoms with E-state index in [0.717, 1.165) is 16.8 Å². The summed E-state index contributed by atoms with van der Waals surface area (Å²) in [5.74, 6) is -2.10. The van der Waals surface area contributed by atoms with Gasteiger partial charge in [0.05, 0.1) is 12.7 Å². The minimum Gasteiger partial charge on any atom is -1.00 e. The molecule has 90 valence electrons. The van der Waals surface area contributed by atoms with Gasteiger partial charge in [-0.3, -0.25) is 4.79 Å². The fourth-order valence-electron chi connectivity index (χ4n) is 1.33. The van der Waals surface area contributed by atoms with Gasteiger partial charge in [0.1, 0.15) is 11.6 Å². The summed E-state index contributed by atoms with van der Waals surface area (Å²) in [7, 11) is 0. The first-order valence-corrected chi connectivity index (χ1v) is 4.71. The van der Waals surface area contributed by atoms with Crippen LogP contribution in [0.15, 0.2) is 24.4 Å². The molecule has 1 aromatic heterocycles. The maximum absolute atomic E-state index is 13.3. The standard InChI is InChI=1S/C10H8F2N4O.Na.H/c11-7-2-1-3-8(12)6(7)4-16-5-9(10(13)17)14-15-16;;/h1-3,5H,4H2,(H2,13,17);;/q;+1;-1. The Kier molecular flexibility index (Phi) is 4.94. The van der Waals surface area contributed by atoms with Crippen molar-refractivity contribution >= 4 is 5.91 Å². The molecule has 8 heteroatoms. The number of halogens is 2. The van der Waals surface area contributed by atoms with Gasteiger partial charge in [-0.15, -0.1) is 5.10 Å². The second kappa shape index (κ2) is 6.03. The minimum absolute atomic E-state index is 0. The molecule has 2 N–H and O–H groups in total. The Bertz CT molecular complexity index is 558. The van der Waals surface area contributed by atoms with Crippen molar-refractivity contribution in [2.75, 3.05) is 0 Å². The van der Waals surface area contributed by atoms with Crippen molar-refractivity contribution in [2.24, 2.45) is 5.73 Å². The predicted octanol–water partition coefficient (Wildman–Crippen LogP) is -2.18. The SMILES string of the molecule is NC(=O)c1cn(Cc2c(F)cccc2F)nn1.[H-].[Na+]. The fourth-order valence-corrected chi connectivity index (χ4v) is 1.33. The summed E-state index contributed by atoms with van der Waals surface area (Å²) < 4.78 is 27.8. The van der Waals surface area contributed by atoms with Gasteiger partial charge in [-0.05, 0) is 12.1 Å². The number of rotatable bonds is 3. The second-order valence-corrected chi connectivity index (χ2v) is 3.37. The quantitative estimate of drug-likeness (QED) is 0.639. The van der Waals surface area contributed by atoms with Gasteiger partial charge < -0.3 is 7.16 Å². The number of hydrogen-bond donors (Lipinski definition) is 1. The van der Waals surface area contributed by atoms with Crippen LogP contribution in [0, 0.1) is 11.6 Å². The molecular weight excluding hydrogens is 253 g/mol. The average molecular weight is 262 g/mol. The number of nitrogens with two attached hydrogens (primary N) is 1. The molecule has 1 amide bonds. The van der Waals surface area contributed by atoms with Gasteiger partial charge in [0.2, 0.25) is 0 Å². The zero-order valence-electron chi connectivity index (χ0n) is 10.6. The Labute approximate surface area is 125 Å². The molecule has 1 aromatic carbocycles. The number of carbonyl (C=O) groups excluding carboxylic acids is 1. The molecule has 18 heavy (non-hydrogen) atoms. The first-order chi connectivity index (χ1) is 8.08. The van der Waals surface area contributed by atoms with Crippen molar-refractivity contribution in [1.82, 2.24) is 15.0 Å². The minimum atomic E-state index is -0.745. The Morgan fingerprint density at radius 3 is 2.50 bits per heavy atom. The van der Waals surface area contributed by atoms with Gasteiger partial charge >= 0.3 is 29.6 Å². The molecular formula is C10H9F2N4NaO. The van der Waals surface area contributed by atoms with Crippen LogP contribution in [0.25, 0.3) is 0 Å². The molecule has 0 saturated heterocycles. The van der Waals surface area contributed by atoms with Crippen molar-refractivity contribution in [1.29, 1.82) is 0 Å². The molecule has 1 heterocycles. The maximum atomic E-state index is 13.3. The first-order valence-electron chi connectivity index (χ1n) is 4.71. The van der Waals surface area contributed by atoms with Gasteiger partial charge in [-0.2, -0.15) is 0 Å². The zero-order chi connectivity index (χ0) is 12.4. The number of carbonyl (C=O) groups is 1. The van der Waals surface area contributed by atoms with E-state index in [9.17, 15) is 13.6 Å². The summed E-state index contributed by atoms with van der Waals surface area (Å²) in [5.41, 5.74) is 4.78. The van der Waals surface area contributed by atoms with Crippen LogP contribution in [0.2, 0.25) is 0 Å². The Morgan fingerprint density at radius 2 is 2.00 bits per heavy atom. The van der Waals surface area contributed by atoms with Crippen molar-refractivity contribution in [3.8, 4) is 0 Å². The topological polar surface area (TPSA) is 73.8 Å². The van der Waals surface area contributed by atoms with Crippen molar-refractivity contribution in [3.63, 3.8) is 0 Å². The Morgan fingerprint density at radius 1 is 1.39 bits per heavy atom. The van der Waals surface area contributed by atoms with E-state index in [2.05, 4.69) is 10.3 Å². The molecule has 5 nitrogen and oxygen atoms in total. The third-order valence-corrected chi connectivity index (χ3v) is 2.17. The third-order valence-electron chi connectivity index (χ3n) is 2.17. The van der Waals surface area contributed by atoms with Gasteiger partial charge in [-0.25, -0.2) is 13.5 Å². The van der Waals surface area contributed by atoms with E-state index in [4.69, 9.17) is 5.73 Å². The van der Waals surface area contributed by atoms with E-state index in [1.54, 1.807) is 0 Å². The molecule has 0 fully saturated rings. The van der Waals surface area contributed by atoms with Gasteiger partial charge in [0.15, 0.2) is 5.69 Å². The van der Waals surface area contributed by atoms with Crippen molar-refractivity contribution < 1.29 is 44.6 Å². The number of benzene rings is 1. The Hall–Kier alpha value is -1.31. The Balaban J connectivity index is 0.00000162. The van der Waals surface area contributed by atoms with Crippen LogP contribution in [-0.2, 0) is 6.54 Å². The first kappa shape index (κ1) is 14.7. The van der Waals surface area contributed by atoms with Crippen LogP contribution in [0.5, 0.6) is 0 Å². The molecule has 0 spiro atoms. The molecule has 0 aliphatic carbocycles. The molecule has 0 aliphatic rings. The van der Waals surface area contributed by atoms with Crippen LogP contribution in [0.3, 0.4) is 0 Å². The molecule has 2 rings (SSSR count). The fraction of sp³-hybridized carbons (Fsp3) is 0.100. The number of nitrogens with zero attached hydrogens (tertiary/aromatic N) is 3. The normalized spacial score (nSPS) is 9.89. The van der Waals surface area contributed by atoms with Gasteiger partial charge in [-0.1, -0.05) is 11.3 Å². The zero-order valence-corrected chi connectivity index (χ0v) is 11.6. The van der Waals surface area contributed by atoms with Crippen molar-refractivity contribution in [2.45, 2.75) is 6.54 Å². The molecule has 0 unspecified atom stereocenters. The van der Waals surface area contributed by atoms with E-state index in [0.29, 0.717) is 0 Å². The molecule has 0 aliphatic heterocycles. The number of amides is 1. The molecule has 0 atom stereocenters. The monoisotopic (exact) mass is 262 g/mol. The largest absolute Gasteiger partial charge is 1.00 e. The van der Waals surface area contributed by atoms with Crippen LogP contribution >= 0.6 is 0 Å². The molecule has 0 saturated carbocycles. The van der Waals surface area contributed by atoms with Crippen LogP contribution in [0.1, 0.15) is 17.5 Å². The van der Waals surface area contributed by atoms with E-state index in [1.165, 1.54) is 12.3 Å². The second-order valence-electron chi connectivity index (χ2n) is 3.37. The van der Waals surface area contributed by atoms with E-state index >= 15 is 0 Å². The average Bonchev–Trinajstić information content (AvgIpc) is 2.72. The van der Waals surface area contributed by atoms with E-state index in [1.807, 2.05) is 0 Å². The van der Waals surface area contributed by atoms with Crippen LogP contribution in [-0.4, -0.2) is 20.9 Å². The molecule has 2 aromatic rings. The maximum Gasteiger partial charge on any atom is 1.00 e. The summed E-state index contributed by atoms with van der Waals surface area (Å²) in [6, 6.07) is 3.55. The molecule has 0 radical (unpaired) electrons. The summed E-state index contributed by atoms with van der Waals surface area (Å²) in [6.07, 6.45) is 1.23. The van der Waals surface area contributed by atoms with E-state index in [-0.39, 0.29) is 48.8 Å². The summed E-state index contributed by atoms with van der Waals surface area (Å²) in [5, 5.41) is 7.01. The summed E-state index contributed by atoms with van der Waals surface area (Å²) in [4.78, 5) is 10.8. The van der Waals surface area contributed by atoms with Gasteiger partial charge in [0, 0.05) is 5.56 Å². The predicted molar refractivity (Wildman–Crippen MR) is 55.1 cm³/mol. The summed E-state index contributed by atoms with van der Waals surface area (Å²) in [6.45, 7) is -0.154. The number of hydrogen-bond acceptors (Lipinski definition) is 3. The number of primary amides is 1. The van der Waals surface area contributed by atoms with Crippen LogP contribution in [0.4, 0.5) is 8.78 Å². The number of aromatic nitrogens is 3. The van der Waals surface area contributed by atoms with Gasteiger partial charge in [0.25, 0.3) is 5.91 Å². The smallest absolute Gasteiger partial charge is 1.00 e. The summed E-state index contributed by atoms with van der Waals surface area (Å²) >= 11 is 0.